The van der Waals surface area contributed by atoms with Gasteiger partial charge >= 0.3 is 0 Å². The molecule has 82 valence electrons. The SMILES string of the molecule is COc1cc(F)ccc1C=NC(C)(C)C. The minimum atomic E-state index is -0.306. The van der Waals surface area contributed by atoms with Crippen LogP contribution >= 0.6 is 0 Å². The van der Waals surface area contributed by atoms with Gasteiger partial charge < -0.3 is 4.74 Å². The van der Waals surface area contributed by atoms with Crippen LogP contribution < -0.4 is 4.74 Å². The third-order valence-electron chi connectivity index (χ3n) is 1.79. The van der Waals surface area contributed by atoms with Gasteiger partial charge in [0.2, 0.25) is 0 Å². The van der Waals surface area contributed by atoms with Crippen LogP contribution in [0.25, 0.3) is 0 Å². The largest absolute Gasteiger partial charge is 0.496 e. The lowest BCUT2D eigenvalue weighted by Gasteiger charge is -2.11. The van der Waals surface area contributed by atoms with E-state index in [0.29, 0.717) is 5.75 Å². The highest BCUT2D eigenvalue weighted by Crippen LogP contribution is 2.18. The van der Waals surface area contributed by atoms with E-state index in [2.05, 4.69) is 4.99 Å². The van der Waals surface area contributed by atoms with Crippen LogP contribution in [-0.4, -0.2) is 18.9 Å². The Kier molecular flexibility index (Phi) is 3.45. The highest BCUT2D eigenvalue weighted by Gasteiger charge is 2.07. The van der Waals surface area contributed by atoms with E-state index in [9.17, 15) is 4.39 Å². The molecule has 0 aliphatic carbocycles. The lowest BCUT2D eigenvalue weighted by molar-refractivity contribution is 0.410. The van der Waals surface area contributed by atoms with Crippen LogP contribution in [0.2, 0.25) is 0 Å². The number of benzene rings is 1. The first kappa shape index (κ1) is 11.7. The summed E-state index contributed by atoms with van der Waals surface area (Å²) in [5, 5.41) is 0. The number of rotatable bonds is 2. The van der Waals surface area contributed by atoms with Crippen molar-refractivity contribution in [3.63, 3.8) is 0 Å². The minimum Gasteiger partial charge on any atom is -0.496 e. The van der Waals surface area contributed by atoms with Crippen molar-refractivity contribution in [2.24, 2.45) is 4.99 Å². The lowest BCUT2D eigenvalue weighted by Crippen LogP contribution is -2.09. The molecule has 0 bridgehead atoms. The predicted molar refractivity (Wildman–Crippen MR) is 60.3 cm³/mol. The summed E-state index contributed by atoms with van der Waals surface area (Å²) < 4.78 is 17.9. The quantitative estimate of drug-likeness (QED) is 0.686. The zero-order valence-corrected chi connectivity index (χ0v) is 9.54. The van der Waals surface area contributed by atoms with E-state index in [1.165, 1.54) is 19.2 Å². The summed E-state index contributed by atoms with van der Waals surface area (Å²) in [4.78, 5) is 4.34. The molecular weight excluding hydrogens is 193 g/mol. The van der Waals surface area contributed by atoms with Crippen LogP contribution in [0.3, 0.4) is 0 Å². The fraction of sp³-hybridized carbons (Fsp3) is 0.417. The monoisotopic (exact) mass is 209 g/mol. The average Bonchev–Trinajstić information content (AvgIpc) is 2.14. The van der Waals surface area contributed by atoms with Gasteiger partial charge in [-0.1, -0.05) is 0 Å². The molecule has 0 atom stereocenters. The van der Waals surface area contributed by atoms with Crippen molar-refractivity contribution in [3.8, 4) is 5.75 Å². The summed E-state index contributed by atoms with van der Waals surface area (Å²) in [6.45, 7) is 6.00. The standard InChI is InChI=1S/C12H16FNO/c1-12(2,3)14-8-9-5-6-10(13)7-11(9)15-4/h5-8H,1-4H3. The Bertz CT molecular complexity index is 366. The lowest BCUT2D eigenvalue weighted by atomic mass is 10.1. The Morgan fingerprint density at radius 1 is 1.33 bits per heavy atom. The van der Waals surface area contributed by atoms with Gasteiger partial charge in [-0.05, 0) is 32.9 Å². The predicted octanol–water partition coefficient (Wildman–Crippen LogP) is 3.05. The molecule has 15 heavy (non-hydrogen) atoms. The number of hydrogen-bond donors (Lipinski definition) is 0. The molecule has 0 aliphatic heterocycles. The van der Waals surface area contributed by atoms with Gasteiger partial charge in [0.05, 0.1) is 12.6 Å². The van der Waals surface area contributed by atoms with E-state index in [0.717, 1.165) is 5.56 Å². The smallest absolute Gasteiger partial charge is 0.130 e. The molecule has 0 N–H and O–H groups in total. The summed E-state index contributed by atoms with van der Waals surface area (Å²) in [6.07, 6.45) is 1.71. The van der Waals surface area contributed by atoms with Crippen molar-refractivity contribution in [2.45, 2.75) is 26.3 Å². The van der Waals surface area contributed by atoms with Crippen molar-refractivity contribution in [2.75, 3.05) is 7.11 Å². The van der Waals surface area contributed by atoms with Crippen molar-refractivity contribution < 1.29 is 9.13 Å². The van der Waals surface area contributed by atoms with Crippen LogP contribution in [-0.2, 0) is 0 Å². The topological polar surface area (TPSA) is 21.6 Å². The van der Waals surface area contributed by atoms with E-state index in [1.807, 2.05) is 20.8 Å². The Hall–Kier alpha value is -1.38. The molecule has 2 nitrogen and oxygen atoms in total. The molecule has 0 aromatic heterocycles. The molecule has 1 aromatic carbocycles. The van der Waals surface area contributed by atoms with Gasteiger partial charge in [0.1, 0.15) is 11.6 Å². The van der Waals surface area contributed by atoms with Crippen molar-refractivity contribution in [1.29, 1.82) is 0 Å². The van der Waals surface area contributed by atoms with Gasteiger partial charge in [0.25, 0.3) is 0 Å². The molecule has 0 unspecified atom stereocenters. The molecule has 0 fully saturated rings. The Morgan fingerprint density at radius 2 is 2.00 bits per heavy atom. The number of halogens is 1. The highest BCUT2D eigenvalue weighted by atomic mass is 19.1. The third kappa shape index (κ3) is 3.70. The molecule has 1 aromatic rings. The summed E-state index contributed by atoms with van der Waals surface area (Å²) in [5.74, 6) is 0.197. The van der Waals surface area contributed by atoms with Crippen LogP contribution in [0.4, 0.5) is 4.39 Å². The second kappa shape index (κ2) is 4.43. The van der Waals surface area contributed by atoms with E-state index in [-0.39, 0.29) is 11.4 Å². The second-order valence-corrected chi connectivity index (χ2v) is 4.32. The Morgan fingerprint density at radius 3 is 2.53 bits per heavy atom. The molecule has 0 saturated carbocycles. The van der Waals surface area contributed by atoms with E-state index < -0.39 is 0 Å². The van der Waals surface area contributed by atoms with Gasteiger partial charge in [0.15, 0.2) is 0 Å². The summed E-state index contributed by atoms with van der Waals surface area (Å²) in [5.41, 5.74) is 0.646. The summed E-state index contributed by atoms with van der Waals surface area (Å²) in [6, 6.07) is 4.40. The number of nitrogens with zero attached hydrogens (tertiary/aromatic N) is 1. The number of hydrogen-bond acceptors (Lipinski definition) is 2. The van der Waals surface area contributed by atoms with Gasteiger partial charge in [-0.3, -0.25) is 4.99 Å². The zero-order chi connectivity index (χ0) is 11.5. The van der Waals surface area contributed by atoms with Crippen LogP contribution in [0.15, 0.2) is 23.2 Å². The number of methoxy groups -OCH3 is 1. The molecule has 0 aliphatic rings. The average molecular weight is 209 g/mol. The molecule has 0 spiro atoms. The second-order valence-electron chi connectivity index (χ2n) is 4.32. The van der Waals surface area contributed by atoms with Crippen LogP contribution in [0.5, 0.6) is 5.75 Å². The molecule has 0 saturated heterocycles. The van der Waals surface area contributed by atoms with E-state index in [4.69, 9.17) is 4.74 Å². The van der Waals surface area contributed by atoms with Gasteiger partial charge in [-0.2, -0.15) is 0 Å². The van der Waals surface area contributed by atoms with Crippen LogP contribution in [0.1, 0.15) is 26.3 Å². The Labute approximate surface area is 89.8 Å². The summed E-state index contributed by atoms with van der Waals surface area (Å²) in [7, 11) is 1.52. The van der Waals surface area contributed by atoms with Gasteiger partial charge in [0, 0.05) is 17.8 Å². The minimum absolute atomic E-state index is 0.139. The first-order valence-electron chi connectivity index (χ1n) is 4.81. The molecule has 0 amide bonds. The van der Waals surface area contributed by atoms with Crippen molar-refractivity contribution >= 4 is 6.21 Å². The zero-order valence-electron chi connectivity index (χ0n) is 9.54. The molecule has 3 heteroatoms. The maximum absolute atomic E-state index is 12.9. The molecule has 0 radical (unpaired) electrons. The summed E-state index contributed by atoms with van der Waals surface area (Å²) >= 11 is 0. The van der Waals surface area contributed by atoms with Crippen molar-refractivity contribution in [1.82, 2.24) is 0 Å². The normalized spacial score (nSPS) is 12.1. The van der Waals surface area contributed by atoms with Crippen LogP contribution in [0, 0.1) is 5.82 Å². The van der Waals surface area contributed by atoms with E-state index in [1.54, 1.807) is 12.3 Å². The molecule has 1 rings (SSSR count). The highest BCUT2D eigenvalue weighted by molar-refractivity contribution is 5.83. The van der Waals surface area contributed by atoms with E-state index >= 15 is 0 Å². The number of aliphatic imine (C=N–C) groups is 1. The maximum Gasteiger partial charge on any atom is 0.130 e. The first-order chi connectivity index (χ1) is 6.92. The van der Waals surface area contributed by atoms with Gasteiger partial charge in [-0.15, -0.1) is 0 Å². The first-order valence-corrected chi connectivity index (χ1v) is 4.81. The number of ether oxygens (including phenoxy) is 1. The maximum atomic E-state index is 12.9. The van der Waals surface area contributed by atoms with Crippen molar-refractivity contribution in [3.05, 3.63) is 29.6 Å². The fourth-order valence-electron chi connectivity index (χ4n) is 1.05. The fourth-order valence-corrected chi connectivity index (χ4v) is 1.05. The molecule has 0 heterocycles. The Balaban J connectivity index is 3.00. The van der Waals surface area contributed by atoms with Gasteiger partial charge in [-0.25, -0.2) is 4.39 Å². The molecular formula is C12H16FNO. The third-order valence-corrected chi connectivity index (χ3v) is 1.79.